The van der Waals surface area contributed by atoms with Gasteiger partial charge in [-0.05, 0) is 13.8 Å². The SMILES string of the molecule is C[C@H](O)O[C@H](C)C(F)(F)F. The maximum atomic E-state index is 11.6. The summed E-state index contributed by atoms with van der Waals surface area (Å²) < 4.78 is 38.8. The Morgan fingerprint density at radius 3 is 1.80 bits per heavy atom. The van der Waals surface area contributed by atoms with Gasteiger partial charge in [0.2, 0.25) is 0 Å². The van der Waals surface area contributed by atoms with Gasteiger partial charge in [0.1, 0.15) is 0 Å². The lowest BCUT2D eigenvalue weighted by Crippen LogP contribution is -2.31. The molecule has 0 fully saturated rings. The molecule has 0 aliphatic rings. The average Bonchev–Trinajstić information content (AvgIpc) is 1.60. The lowest BCUT2D eigenvalue weighted by atomic mass is 10.4. The molecule has 2 nitrogen and oxygen atoms in total. The summed E-state index contributed by atoms with van der Waals surface area (Å²) in [6.45, 7) is 1.97. The third-order valence-electron chi connectivity index (χ3n) is 0.862. The highest BCUT2D eigenvalue weighted by molar-refractivity contribution is 4.60. The van der Waals surface area contributed by atoms with E-state index in [-0.39, 0.29) is 0 Å². The van der Waals surface area contributed by atoms with Gasteiger partial charge in [-0.2, -0.15) is 13.2 Å². The fourth-order valence-corrected chi connectivity index (χ4v) is 0.373. The van der Waals surface area contributed by atoms with Crippen LogP contribution in [-0.4, -0.2) is 23.7 Å². The van der Waals surface area contributed by atoms with E-state index in [0.717, 1.165) is 13.8 Å². The van der Waals surface area contributed by atoms with E-state index >= 15 is 0 Å². The second-order valence-corrected chi connectivity index (χ2v) is 1.92. The van der Waals surface area contributed by atoms with Gasteiger partial charge < -0.3 is 9.84 Å². The van der Waals surface area contributed by atoms with Gasteiger partial charge in [-0.15, -0.1) is 0 Å². The molecule has 0 aromatic rings. The minimum atomic E-state index is -4.39. The predicted molar refractivity (Wildman–Crippen MR) is 28.3 cm³/mol. The first-order valence-electron chi connectivity index (χ1n) is 2.74. The molecule has 10 heavy (non-hydrogen) atoms. The quantitative estimate of drug-likeness (QED) is 0.613. The summed E-state index contributed by atoms with van der Waals surface area (Å²) in [6.07, 6.45) is -7.68. The summed E-state index contributed by atoms with van der Waals surface area (Å²) in [5.41, 5.74) is 0. The first-order valence-corrected chi connectivity index (χ1v) is 2.74. The van der Waals surface area contributed by atoms with Crippen LogP contribution in [-0.2, 0) is 4.74 Å². The molecule has 0 heterocycles. The Morgan fingerprint density at radius 1 is 1.30 bits per heavy atom. The lowest BCUT2D eigenvalue weighted by molar-refractivity contribution is -0.252. The second-order valence-electron chi connectivity index (χ2n) is 1.92. The van der Waals surface area contributed by atoms with Crippen LogP contribution in [0.4, 0.5) is 13.2 Å². The summed E-state index contributed by atoms with van der Waals surface area (Å²) >= 11 is 0. The fraction of sp³-hybridized carbons (Fsp3) is 1.00. The number of aliphatic hydroxyl groups excluding tert-OH is 1. The van der Waals surface area contributed by atoms with Gasteiger partial charge >= 0.3 is 6.18 Å². The van der Waals surface area contributed by atoms with Crippen molar-refractivity contribution in [1.82, 2.24) is 0 Å². The predicted octanol–water partition coefficient (Wildman–Crippen LogP) is 1.29. The summed E-state index contributed by atoms with van der Waals surface area (Å²) in [5, 5.41) is 8.36. The van der Waals surface area contributed by atoms with E-state index in [9.17, 15) is 13.2 Å². The standard InChI is InChI=1S/C5H9F3O2/c1-3(5(6,7)8)10-4(2)9/h3-4,9H,1-2H3/t3-,4-/m1/s1. The molecule has 0 aromatic heterocycles. The van der Waals surface area contributed by atoms with E-state index in [4.69, 9.17) is 5.11 Å². The normalized spacial score (nSPS) is 18.6. The highest BCUT2D eigenvalue weighted by atomic mass is 19.4. The Morgan fingerprint density at radius 2 is 1.70 bits per heavy atom. The maximum absolute atomic E-state index is 11.6. The Bertz CT molecular complexity index is 99.6. The van der Waals surface area contributed by atoms with E-state index in [1.807, 2.05) is 0 Å². The molecule has 0 saturated carbocycles. The van der Waals surface area contributed by atoms with Crippen LogP contribution in [0.15, 0.2) is 0 Å². The molecule has 0 aliphatic carbocycles. The average molecular weight is 158 g/mol. The van der Waals surface area contributed by atoms with Crippen LogP contribution >= 0.6 is 0 Å². The van der Waals surface area contributed by atoms with Crippen molar-refractivity contribution in [2.75, 3.05) is 0 Å². The summed E-state index contributed by atoms with van der Waals surface area (Å²) in [5.74, 6) is 0. The van der Waals surface area contributed by atoms with Gasteiger partial charge in [-0.25, -0.2) is 0 Å². The number of hydrogen-bond donors (Lipinski definition) is 1. The lowest BCUT2D eigenvalue weighted by Gasteiger charge is -2.17. The minimum Gasteiger partial charge on any atom is -0.368 e. The minimum absolute atomic E-state index is 0.840. The molecule has 1 N–H and O–H groups in total. The highest BCUT2D eigenvalue weighted by Gasteiger charge is 2.37. The van der Waals surface area contributed by atoms with Crippen LogP contribution in [0.25, 0.3) is 0 Å². The van der Waals surface area contributed by atoms with Gasteiger partial charge in [0, 0.05) is 0 Å². The zero-order valence-corrected chi connectivity index (χ0v) is 5.64. The van der Waals surface area contributed by atoms with Crippen molar-refractivity contribution in [3.8, 4) is 0 Å². The summed E-state index contributed by atoms with van der Waals surface area (Å²) in [7, 11) is 0. The molecular formula is C5H9F3O2. The smallest absolute Gasteiger partial charge is 0.368 e. The zero-order chi connectivity index (χ0) is 8.36. The number of alkyl halides is 3. The molecular weight excluding hydrogens is 149 g/mol. The van der Waals surface area contributed by atoms with Crippen LogP contribution in [0.5, 0.6) is 0 Å². The number of hydrogen-bond acceptors (Lipinski definition) is 2. The monoisotopic (exact) mass is 158 g/mol. The Kier molecular flexibility index (Phi) is 3.11. The van der Waals surface area contributed by atoms with Crippen LogP contribution in [0.3, 0.4) is 0 Å². The molecule has 0 saturated heterocycles. The van der Waals surface area contributed by atoms with Crippen LogP contribution in [0, 0.1) is 0 Å². The molecule has 0 rings (SSSR count). The summed E-state index contributed by atoms with van der Waals surface area (Å²) in [4.78, 5) is 0. The Hall–Kier alpha value is -0.290. The van der Waals surface area contributed by atoms with Crippen molar-refractivity contribution in [3.63, 3.8) is 0 Å². The van der Waals surface area contributed by atoms with E-state index in [2.05, 4.69) is 4.74 Å². The molecule has 62 valence electrons. The van der Waals surface area contributed by atoms with E-state index in [1.165, 1.54) is 0 Å². The molecule has 0 spiro atoms. The number of aliphatic hydroxyl groups is 1. The zero-order valence-electron chi connectivity index (χ0n) is 5.64. The topological polar surface area (TPSA) is 29.5 Å². The van der Waals surface area contributed by atoms with Crippen molar-refractivity contribution in [2.45, 2.75) is 32.4 Å². The Balaban J connectivity index is 3.73. The van der Waals surface area contributed by atoms with E-state index in [1.54, 1.807) is 0 Å². The molecule has 5 heteroatoms. The molecule has 0 aromatic carbocycles. The van der Waals surface area contributed by atoms with Crippen molar-refractivity contribution in [1.29, 1.82) is 0 Å². The van der Waals surface area contributed by atoms with Crippen LogP contribution in [0.2, 0.25) is 0 Å². The molecule has 0 unspecified atom stereocenters. The molecule has 0 radical (unpaired) electrons. The van der Waals surface area contributed by atoms with Crippen molar-refractivity contribution in [2.24, 2.45) is 0 Å². The molecule has 0 amide bonds. The molecule has 2 atom stereocenters. The highest BCUT2D eigenvalue weighted by Crippen LogP contribution is 2.22. The molecule has 0 bridgehead atoms. The second kappa shape index (κ2) is 3.21. The molecule has 0 aliphatic heterocycles. The van der Waals surface area contributed by atoms with Crippen molar-refractivity contribution < 1.29 is 23.0 Å². The van der Waals surface area contributed by atoms with Gasteiger partial charge in [0.05, 0.1) is 0 Å². The van der Waals surface area contributed by atoms with Crippen LogP contribution < -0.4 is 0 Å². The number of halogens is 3. The van der Waals surface area contributed by atoms with Gasteiger partial charge in [-0.3, -0.25) is 0 Å². The van der Waals surface area contributed by atoms with E-state index in [0.29, 0.717) is 0 Å². The Labute approximate surface area is 56.6 Å². The van der Waals surface area contributed by atoms with Crippen LogP contribution in [0.1, 0.15) is 13.8 Å². The largest absolute Gasteiger partial charge is 0.414 e. The summed E-state index contributed by atoms with van der Waals surface area (Å²) in [6, 6.07) is 0. The van der Waals surface area contributed by atoms with Gasteiger partial charge in [0.25, 0.3) is 0 Å². The van der Waals surface area contributed by atoms with Crippen molar-refractivity contribution >= 4 is 0 Å². The number of rotatable bonds is 2. The third kappa shape index (κ3) is 3.68. The third-order valence-corrected chi connectivity index (χ3v) is 0.862. The van der Waals surface area contributed by atoms with E-state index < -0.39 is 18.6 Å². The number of ether oxygens (including phenoxy) is 1. The van der Waals surface area contributed by atoms with Gasteiger partial charge in [0.15, 0.2) is 12.4 Å². The fourth-order valence-electron chi connectivity index (χ4n) is 0.373. The van der Waals surface area contributed by atoms with Gasteiger partial charge in [-0.1, -0.05) is 0 Å². The maximum Gasteiger partial charge on any atom is 0.414 e. The first-order chi connectivity index (χ1) is 4.34. The first kappa shape index (κ1) is 9.71. The van der Waals surface area contributed by atoms with Crippen molar-refractivity contribution in [3.05, 3.63) is 0 Å².